The first-order valence-corrected chi connectivity index (χ1v) is 11.3. The maximum absolute atomic E-state index is 11.7. The summed E-state index contributed by atoms with van der Waals surface area (Å²) in [6, 6.07) is 22.0. The van der Waals surface area contributed by atoms with E-state index in [1.807, 2.05) is 61.7 Å². The van der Waals surface area contributed by atoms with Crippen LogP contribution in [-0.2, 0) is 17.9 Å². The third-order valence-corrected chi connectivity index (χ3v) is 5.08. The highest BCUT2D eigenvalue weighted by molar-refractivity contribution is 5.72. The van der Waals surface area contributed by atoms with Crippen molar-refractivity contribution in [2.45, 2.75) is 33.4 Å². The first-order valence-electron chi connectivity index (χ1n) is 11.3. The van der Waals surface area contributed by atoms with Gasteiger partial charge in [0, 0.05) is 18.2 Å². The van der Waals surface area contributed by atoms with E-state index in [2.05, 4.69) is 28.3 Å². The molecule has 2 aromatic heterocycles. The summed E-state index contributed by atoms with van der Waals surface area (Å²) in [6.45, 7) is 4.93. The van der Waals surface area contributed by atoms with E-state index < -0.39 is 0 Å². The Hall–Kier alpha value is -4.13. The minimum absolute atomic E-state index is 0.283. The van der Waals surface area contributed by atoms with E-state index in [9.17, 15) is 4.79 Å². The van der Waals surface area contributed by atoms with Crippen molar-refractivity contribution in [3.05, 3.63) is 90.4 Å². The zero-order chi connectivity index (χ0) is 23.8. The summed E-state index contributed by atoms with van der Waals surface area (Å²) in [5.41, 5.74) is 4.10. The molecule has 0 saturated heterocycles. The zero-order valence-electron chi connectivity index (χ0n) is 19.3. The van der Waals surface area contributed by atoms with Crippen LogP contribution in [0.15, 0.2) is 79.1 Å². The summed E-state index contributed by atoms with van der Waals surface area (Å²) in [6.07, 6.45) is 3.82. The lowest BCUT2D eigenvalue weighted by Gasteiger charge is -2.08. The molecule has 0 saturated carbocycles. The second-order valence-corrected chi connectivity index (χ2v) is 7.59. The van der Waals surface area contributed by atoms with Gasteiger partial charge in [0.05, 0.1) is 25.0 Å². The number of rotatable bonds is 10. The van der Waals surface area contributed by atoms with Gasteiger partial charge in [0.15, 0.2) is 0 Å². The average Bonchev–Trinajstić information content (AvgIpc) is 3.25. The van der Waals surface area contributed by atoms with Gasteiger partial charge in [-0.25, -0.2) is 0 Å². The fourth-order valence-electron chi connectivity index (χ4n) is 3.31. The summed E-state index contributed by atoms with van der Waals surface area (Å²) in [5, 5.41) is 4.39. The molecule has 0 N–H and O–H groups in total. The fraction of sp³-hybridized carbons (Fsp3) is 0.222. The second kappa shape index (κ2) is 11.1. The van der Waals surface area contributed by atoms with Gasteiger partial charge >= 0.3 is 5.97 Å². The molecule has 7 nitrogen and oxygen atoms in total. The van der Waals surface area contributed by atoms with Gasteiger partial charge < -0.3 is 14.2 Å². The van der Waals surface area contributed by atoms with Crippen LogP contribution in [0.2, 0.25) is 0 Å². The molecule has 0 aliphatic rings. The lowest BCUT2D eigenvalue weighted by molar-refractivity contribution is -0.134. The highest BCUT2D eigenvalue weighted by Gasteiger charge is 2.15. The second-order valence-electron chi connectivity index (χ2n) is 7.59. The molecule has 0 atom stereocenters. The molecule has 0 radical (unpaired) electrons. The van der Waals surface area contributed by atoms with Gasteiger partial charge in [-0.1, -0.05) is 55.5 Å². The van der Waals surface area contributed by atoms with Crippen LogP contribution in [0.3, 0.4) is 0 Å². The summed E-state index contributed by atoms with van der Waals surface area (Å²) < 4.78 is 18.4. The number of hydrogen-bond donors (Lipinski definition) is 0. The largest absolute Gasteiger partial charge is 0.487 e. The minimum atomic E-state index is -0.328. The van der Waals surface area contributed by atoms with E-state index >= 15 is 0 Å². The standard InChI is InChI=1S/C27H27N3O4/c1-3-26(31)34-25-18-30(29-27(25)32-4-2)17-20-10-14-24(15-11-20)33-19-23-13-12-22(16-28-23)21-8-6-5-7-9-21/h5-16,18H,3-4,17,19H2,1-2H3. The number of benzene rings is 2. The molecule has 34 heavy (non-hydrogen) atoms. The molecule has 2 aromatic carbocycles. The topological polar surface area (TPSA) is 75.5 Å². The first-order chi connectivity index (χ1) is 16.6. The van der Waals surface area contributed by atoms with Gasteiger partial charge in [0.25, 0.3) is 5.88 Å². The van der Waals surface area contributed by atoms with E-state index in [1.165, 1.54) is 0 Å². The molecule has 7 heteroatoms. The van der Waals surface area contributed by atoms with Crippen LogP contribution in [0, 0.1) is 0 Å². The van der Waals surface area contributed by atoms with Crippen molar-refractivity contribution < 1.29 is 19.0 Å². The van der Waals surface area contributed by atoms with E-state index in [4.69, 9.17) is 14.2 Å². The minimum Gasteiger partial charge on any atom is -0.487 e. The van der Waals surface area contributed by atoms with E-state index in [1.54, 1.807) is 17.8 Å². The number of ether oxygens (including phenoxy) is 3. The number of hydrogen-bond acceptors (Lipinski definition) is 6. The molecule has 4 rings (SSSR count). The predicted molar refractivity (Wildman–Crippen MR) is 129 cm³/mol. The molecule has 0 aliphatic heterocycles. The van der Waals surface area contributed by atoms with Crippen LogP contribution in [-0.4, -0.2) is 27.3 Å². The summed E-state index contributed by atoms with van der Waals surface area (Å²) in [7, 11) is 0. The Labute approximate surface area is 198 Å². The van der Waals surface area contributed by atoms with Crippen molar-refractivity contribution >= 4 is 5.97 Å². The van der Waals surface area contributed by atoms with E-state index in [-0.39, 0.29) is 12.4 Å². The van der Waals surface area contributed by atoms with Gasteiger partial charge in [0.2, 0.25) is 5.75 Å². The summed E-state index contributed by atoms with van der Waals surface area (Å²) >= 11 is 0. The van der Waals surface area contributed by atoms with Crippen LogP contribution < -0.4 is 14.2 Å². The average molecular weight is 458 g/mol. The van der Waals surface area contributed by atoms with E-state index in [0.717, 1.165) is 28.1 Å². The van der Waals surface area contributed by atoms with Crippen LogP contribution in [0.4, 0.5) is 0 Å². The normalized spacial score (nSPS) is 10.6. The number of carbonyl (C=O) groups is 1. The monoisotopic (exact) mass is 457 g/mol. The molecule has 0 amide bonds. The molecule has 4 aromatic rings. The third kappa shape index (κ3) is 6.01. The lowest BCUT2D eigenvalue weighted by Crippen LogP contribution is -2.06. The lowest BCUT2D eigenvalue weighted by atomic mass is 10.1. The number of pyridine rings is 1. The van der Waals surface area contributed by atoms with Crippen molar-refractivity contribution in [2.24, 2.45) is 0 Å². The Morgan fingerprint density at radius 3 is 2.38 bits per heavy atom. The number of nitrogens with zero attached hydrogens (tertiary/aromatic N) is 3. The van der Waals surface area contributed by atoms with Gasteiger partial charge in [-0.05, 0) is 36.2 Å². The maximum atomic E-state index is 11.7. The highest BCUT2D eigenvalue weighted by atomic mass is 16.6. The van der Waals surface area contributed by atoms with Crippen molar-refractivity contribution in [1.82, 2.24) is 14.8 Å². The molecule has 2 heterocycles. The molecule has 0 aliphatic carbocycles. The molecule has 0 fully saturated rings. The third-order valence-electron chi connectivity index (χ3n) is 5.08. The molecule has 0 unspecified atom stereocenters. The quantitative estimate of drug-likeness (QED) is 0.301. The van der Waals surface area contributed by atoms with Gasteiger partial charge in [-0.15, -0.1) is 5.10 Å². The van der Waals surface area contributed by atoms with Crippen LogP contribution >= 0.6 is 0 Å². The molecular formula is C27H27N3O4. The van der Waals surface area contributed by atoms with Crippen LogP contribution in [0.1, 0.15) is 31.5 Å². The highest BCUT2D eigenvalue weighted by Crippen LogP contribution is 2.26. The first kappa shape index (κ1) is 23.0. The molecule has 0 bridgehead atoms. The summed E-state index contributed by atoms with van der Waals surface area (Å²) in [5.74, 6) is 1.08. The number of aromatic nitrogens is 3. The van der Waals surface area contributed by atoms with Gasteiger partial charge in [-0.3, -0.25) is 14.5 Å². The molecule has 174 valence electrons. The summed E-state index contributed by atoms with van der Waals surface area (Å²) in [4.78, 5) is 16.2. The number of carbonyl (C=O) groups excluding carboxylic acids is 1. The van der Waals surface area contributed by atoms with Gasteiger partial charge in [0.1, 0.15) is 12.4 Å². The fourth-order valence-corrected chi connectivity index (χ4v) is 3.31. The van der Waals surface area contributed by atoms with E-state index in [0.29, 0.717) is 31.4 Å². The van der Waals surface area contributed by atoms with Crippen LogP contribution in [0.5, 0.6) is 17.4 Å². The Morgan fingerprint density at radius 1 is 0.912 bits per heavy atom. The molecular weight excluding hydrogens is 430 g/mol. The number of esters is 1. The smallest absolute Gasteiger partial charge is 0.311 e. The Balaban J connectivity index is 1.34. The Morgan fingerprint density at radius 2 is 1.71 bits per heavy atom. The molecule has 0 spiro atoms. The SMILES string of the molecule is CCOc1nn(Cc2ccc(OCc3ccc(-c4ccccc4)cn3)cc2)cc1OC(=O)CC. The van der Waals surface area contributed by atoms with Gasteiger partial charge in [-0.2, -0.15) is 0 Å². The van der Waals surface area contributed by atoms with Crippen LogP contribution in [0.25, 0.3) is 11.1 Å². The predicted octanol–water partition coefficient (Wildman–Crippen LogP) is 5.29. The Bertz CT molecular complexity index is 1200. The Kier molecular flexibility index (Phi) is 7.55. The van der Waals surface area contributed by atoms with Crippen molar-refractivity contribution in [1.29, 1.82) is 0 Å². The van der Waals surface area contributed by atoms with Crippen molar-refractivity contribution in [2.75, 3.05) is 6.61 Å². The maximum Gasteiger partial charge on any atom is 0.311 e. The zero-order valence-corrected chi connectivity index (χ0v) is 19.3. The van der Waals surface area contributed by atoms with Crippen molar-refractivity contribution in [3.8, 4) is 28.5 Å². The van der Waals surface area contributed by atoms with Crippen molar-refractivity contribution in [3.63, 3.8) is 0 Å².